The molecule has 146 valence electrons. The number of benzene rings is 2. The van der Waals surface area contributed by atoms with Gasteiger partial charge in [-0.05, 0) is 54.2 Å². The van der Waals surface area contributed by atoms with E-state index in [1.54, 1.807) is 60.7 Å². The van der Waals surface area contributed by atoms with Crippen LogP contribution in [0.25, 0.3) is 17.4 Å². The van der Waals surface area contributed by atoms with Gasteiger partial charge in [0.2, 0.25) is 0 Å². The molecule has 2 amide bonds. The van der Waals surface area contributed by atoms with E-state index in [-0.39, 0.29) is 4.91 Å². The van der Waals surface area contributed by atoms with Gasteiger partial charge in [-0.15, -0.1) is 0 Å². The summed E-state index contributed by atoms with van der Waals surface area (Å²) in [6.07, 6.45) is 1.54. The molecule has 1 fully saturated rings. The Labute approximate surface area is 180 Å². The molecule has 3 aromatic rings. The molecule has 2 aromatic carbocycles. The highest BCUT2D eigenvalue weighted by atomic mass is 35.5. The molecule has 1 aliphatic rings. The van der Waals surface area contributed by atoms with Crippen molar-refractivity contribution in [1.29, 1.82) is 0 Å². The van der Waals surface area contributed by atoms with Crippen LogP contribution in [0.5, 0.6) is 5.75 Å². The number of methoxy groups -OCH3 is 1. The highest BCUT2D eigenvalue weighted by molar-refractivity contribution is 8.19. The third-order valence-corrected chi connectivity index (χ3v) is 5.83. The SMILES string of the molecule is COc1ccccc1N1C(=O)S/C(=C/c2ccc(-c3ccc(Cl)c(Cl)c3)o2)C1=O. The fraction of sp³-hybridized carbons (Fsp3) is 0.0476. The summed E-state index contributed by atoms with van der Waals surface area (Å²) in [5, 5.41) is 0.467. The number of para-hydroxylation sites is 2. The first-order valence-electron chi connectivity index (χ1n) is 8.44. The average Bonchev–Trinajstić information content (AvgIpc) is 3.29. The van der Waals surface area contributed by atoms with Crippen molar-refractivity contribution >= 4 is 57.9 Å². The molecule has 8 heteroatoms. The van der Waals surface area contributed by atoms with Gasteiger partial charge in [0.1, 0.15) is 17.3 Å². The van der Waals surface area contributed by atoms with Gasteiger partial charge in [0.05, 0.1) is 27.7 Å². The van der Waals surface area contributed by atoms with E-state index in [4.69, 9.17) is 32.4 Å². The van der Waals surface area contributed by atoms with Crippen LogP contribution in [0, 0.1) is 0 Å². The largest absolute Gasteiger partial charge is 0.495 e. The number of imide groups is 1. The molecule has 0 spiro atoms. The molecule has 0 saturated carbocycles. The number of thioether (sulfide) groups is 1. The van der Waals surface area contributed by atoms with Crippen LogP contribution in [0.1, 0.15) is 5.76 Å². The van der Waals surface area contributed by atoms with Crippen LogP contribution in [0.4, 0.5) is 10.5 Å². The summed E-state index contributed by atoms with van der Waals surface area (Å²) in [7, 11) is 1.49. The molecule has 29 heavy (non-hydrogen) atoms. The molecule has 0 N–H and O–H groups in total. The number of ether oxygens (including phenoxy) is 1. The van der Waals surface area contributed by atoms with Crippen molar-refractivity contribution in [2.45, 2.75) is 0 Å². The number of hydrogen-bond acceptors (Lipinski definition) is 5. The van der Waals surface area contributed by atoms with Gasteiger partial charge in [-0.1, -0.05) is 35.3 Å². The highest BCUT2D eigenvalue weighted by Crippen LogP contribution is 2.40. The lowest BCUT2D eigenvalue weighted by Gasteiger charge is -2.15. The van der Waals surface area contributed by atoms with Gasteiger partial charge in [-0.25, -0.2) is 4.90 Å². The van der Waals surface area contributed by atoms with Gasteiger partial charge in [0, 0.05) is 11.6 Å². The Hall–Kier alpha value is -2.67. The molecule has 0 bridgehead atoms. The van der Waals surface area contributed by atoms with Crippen molar-refractivity contribution in [3.63, 3.8) is 0 Å². The van der Waals surface area contributed by atoms with Crippen LogP contribution in [0.15, 0.2) is 63.9 Å². The van der Waals surface area contributed by atoms with Crippen molar-refractivity contribution in [1.82, 2.24) is 0 Å². The van der Waals surface area contributed by atoms with Crippen LogP contribution in [-0.4, -0.2) is 18.3 Å². The van der Waals surface area contributed by atoms with E-state index in [0.29, 0.717) is 33.0 Å². The fourth-order valence-electron chi connectivity index (χ4n) is 2.85. The number of nitrogens with zero attached hydrogens (tertiary/aromatic N) is 1. The smallest absolute Gasteiger partial charge is 0.298 e. The number of halogens is 2. The number of carbonyl (C=O) groups excluding carboxylic acids is 2. The number of rotatable bonds is 4. The first-order valence-corrected chi connectivity index (χ1v) is 10.0. The molecule has 2 heterocycles. The molecule has 0 unspecified atom stereocenters. The Bertz CT molecular complexity index is 1160. The van der Waals surface area contributed by atoms with Crippen LogP contribution in [0.3, 0.4) is 0 Å². The minimum absolute atomic E-state index is 0.260. The summed E-state index contributed by atoms with van der Waals surface area (Å²) < 4.78 is 11.1. The molecule has 4 rings (SSSR count). The standard InChI is InChI=1S/C21H13Cl2NO4S/c1-27-18-5-3-2-4-16(18)24-20(25)19(29-21(24)26)11-13-7-9-17(28-13)12-6-8-14(22)15(23)10-12/h2-11H,1H3/b19-11+. The Morgan fingerprint density at radius 2 is 1.83 bits per heavy atom. The summed E-state index contributed by atoms with van der Waals surface area (Å²) in [5.74, 6) is 1.02. The Morgan fingerprint density at radius 3 is 2.59 bits per heavy atom. The minimum Gasteiger partial charge on any atom is -0.495 e. The molecule has 0 radical (unpaired) electrons. The first kappa shape index (κ1) is 19.6. The highest BCUT2D eigenvalue weighted by Gasteiger charge is 2.37. The van der Waals surface area contributed by atoms with E-state index >= 15 is 0 Å². The second kappa shape index (κ2) is 7.99. The Kier molecular flexibility index (Phi) is 5.41. The molecule has 0 atom stereocenters. The van der Waals surface area contributed by atoms with Crippen molar-refractivity contribution in [3.8, 4) is 17.1 Å². The monoisotopic (exact) mass is 445 g/mol. The lowest BCUT2D eigenvalue weighted by atomic mass is 10.2. The zero-order valence-electron chi connectivity index (χ0n) is 15.0. The predicted octanol–water partition coefficient (Wildman–Crippen LogP) is 6.50. The molecular weight excluding hydrogens is 433 g/mol. The summed E-state index contributed by atoms with van der Waals surface area (Å²) >= 11 is 12.8. The molecule has 0 aliphatic carbocycles. The summed E-state index contributed by atoms with van der Waals surface area (Å²) in [5.41, 5.74) is 1.15. The van der Waals surface area contributed by atoms with Gasteiger partial charge < -0.3 is 9.15 Å². The van der Waals surface area contributed by atoms with E-state index in [1.807, 2.05) is 0 Å². The molecular formula is C21H13Cl2NO4S. The van der Waals surface area contributed by atoms with Crippen molar-refractivity contribution in [2.75, 3.05) is 12.0 Å². The van der Waals surface area contributed by atoms with Gasteiger partial charge in [-0.2, -0.15) is 0 Å². The van der Waals surface area contributed by atoms with Crippen molar-refractivity contribution < 1.29 is 18.7 Å². The number of furan rings is 1. The maximum Gasteiger partial charge on any atom is 0.298 e. The van der Waals surface area contributed by atoms with Crippen LogP contribution in [-0.2, 0) is 4.79 Å². The molecule has 1 aliphatic heterocycles. The zero-order valence-corrected chi connectivity index (χ0v) is 17.3. The van der Waals surface area contributed by atoms with Gasteiger partial charge in [0.25, 0.3) is 11.1 Å². The summed E-state index contributed by atoms with van der Waals surface area (Å²) in [4.78, 5) is 26.7. The summed E-state index contributed by atoms with van der Waals surface area (Å²) in [6.45, 7) is 0. The summed E-state index contributed by atoms with van der Waals surface area (Å²) in [6, 6.07) is 15.5. The predicted molar refractivity (Wildman–Crippen MR) is 116 cm³/mol. The van der Waals surface area contributed by atoms with Gasteiger partial charge in [0.15, 0.2) is 0 Å². The Balaban J connectivity index is 1.63. The molecule has 1 saturated heterocycles. The number of anilines is 1. The molecule has 1 aromatic heterocycles. The van der Waals surface area contributed by atoms with E-state index in [0.717, 1.165) is 22.2 Å². The number of hydrogen-bond donors (Lipinski definition) is 0. The lowest BCUT2D eigenvalue weighted by Crippen LogP contribution is -2.28. The van der Waals surface area contributed by atoms with Gasteiger partial charge in [-0.3, -0.25) is 9.59 Å². The third kappa shape index (κ3) is 3.79. The third-order valence-electron chi connectivity index (χ3n) is 4.22. The normalized spacial score (nSPS) is 15.4. The Morgan fingerprint density at radius 1 is 1.03 bits per heavy atom. The maximum absolute atomic E-state index is 12.8. The first-order chi connectivity index (χ1) is 14.0. The van der Waals surface area contributed by atoms with Crippen molar-refractivity contribution in [3.05, 3.63) is 75.3 Å². The average molecular weight is 446 g/mol. The second-order valence-electron chi connectivity index (χ2n) is 6.02. The second-order valence-corrected chi connectivity index (χ2v) is 7.83. The quantitative estimate of drug-likeness (QED) is 0.428. The van der Waals surface area contributed by atoms with Crippen LogP contribution in [0.2, 0.25) is 10.0 Å². The van der Waals surface area contributed by atoms with Crippen LogP contribution >= 0.6 is 35.0 Å². The van der Waals surface area contributed by atoms with E-state index in [1.165, 1.54) is 7.11 Å². The van der Waals surface area contributed by atoms with Gasteiger partial charge >= 0.3 is 0 Å². The molecule has 5 nitrogen and oxygen atoms in total. The van der Waals surface area contributed by atoms with E-state index in [9.17, 15) is 9.59 Å². The number of amides is 2. The van der Waals surface area contributed by atoms with E-state index < -0.39 is 11.1 Å². The van der Waals surface area contributed by atoms with E-state index in [2.05, 4.69) is 0 Å². The minimum atomic E-state index is -0.433. The number of carbonyl (C=O) groups is 2. The topological polar surface area (TPSA) is 59.8 Å². The maximum atomic E-state index is 12.8. The lowest BCUT2D eigenvalue weighted by molar-refractivity contribution is -0.113. The zero-order chi connectivity index (χ0) is 20.5. The van der Waals surface area contributed by atoms with Crippen molar-refractivity contribution in [2.24, 2.45) is 0 Å². The van der Waals surface area contributed by atoms with Crippen LogP contribution < -0.4 is 9.64 Å². The fourth-order valence-corrected chi connectivity index (χ4v) is 3.97.